The highest BCUT2D eigenvalue weighted by molar-refractivity contribution is 7.13. The van der Waals surface area contributed by atoms with Gasteiger partial charge in [-0.3, -0.25) is 0 Å². The fraction of sp³-hybridized carbons (Fsp3) is 0.231. The van der Waals surface area contributed by atoms with Crippen molar-refractivity contribution in [3.05, 3.63) is 46.3 Å². The number of fused-ring (bicyclic) bond motifs is 3. The molecule has 0 radical (unpaired) electrons. The van der Waals surface area contributed by atoms with E-state index in [4.69, 9.17) is 0 Å². The summed E-state index contributed by atoms with van der Waals surface area (Å²) < 4.78 is 26.5. The molecule has 0 aliphatic heterocycles. The minimum atomic E-state index is -0.757. The highest BCUT2D eigenvalue weighted by Crippen LogP contribution is 2.43. The van der Waals surface area contributed by atoms with Gasteiger partial charge in [-0.2, -0.15) is 0 Å². The molecule has 0 nitrogen and oxygen atoms in total. The third-order valence-corrected chi connectivity index (χ3v) is 4.13. The first-order chi connectivity index (χ1) is 7.66. The molecule has 2 aromatic rings. The third-order valence-electron chi connectivity index (χ3n) is 3.14. The Bertz CT molecular complexity index is 557. The molecule has 1 aliphatic rings. The molecule has 1 atom stereocenters. The largest absolute Gasteiger partial charge is 0.204 e. The fourth-order valence-electron chi connectivity index (χ4n) is 2.34. The lowest BCUT2D eigenvalue weighted by Crippen LogP contribution is -2.07. The molecular formula is C13H10F2S. The standard InChI is InChI=1S/C13H10F2S/c1-7-4-8-2-3-16-13(8)10-6-12(15)11(14)5-9(7)10/h2-3,5-7H,4H2,1H3. The maximum Gasteiger partial charge on any atom is 0.159 e. The Balaban J connectivity index is 2.31. The third kappa shape index (κ3) is 1.31. The van der Waals surface area contributed by atoms with Gasteiger partial charge in [-0.15, -0.1) is 11.3 Å². The van der Waals surface area contributed by atoms with Crippen LogP contribution in [0.4, 0.5) is 8.78 Å². The van der Waals surface area contributed by atoms with E-state index in [1.165, 1.54) is 17.7 Å². The summed E-state index contributed by atoms with van der Waals surface area (Å²) in [6.45, 7) is 2.05. The fourth-order valence-corrected chi connectivity index (χ4v) is 3.31. The molecule has 0 amide bonds. The van der Waals surface area contributed by atoms with Crippen molar-refractivity contribution < 1.29 is 8.78 Å². The first kappa shape index (κ1) is 9.97. The Morgan fingerprint density at radius 1 is 1.25 bits per heavy atom. The summed E-state index contributed by atoms with van der Waals surface area (Å²) in [6.07, 6.45) is 0.914. The second-order valence-corrected chi connectivity index (χ2v) is 5.15. The van der Waals surface area contributed by atoms with Crippen molar-refractivity contribution >= 4 is 11.3 Å². The van der Waals surface area contributed by atoms with Crippen LogP contribution in [-0.2, 0) is 6.42 Å². The van der Waals surface area contributed by atoms with Gasteiger partial charge in [0, 0.05) is 4.88 Å². The van der Waals surface area contributed by atoms with E-state index in [1.807, 2.05) is 5.38 Å². The predicted octanol–water partition coefficient (Wildman–Crippen LogP) is 4.35. The van der Waals surface area contributed by atoms with Gasteiger partial charge in [0.2, 0.25) is 0 Å². The van der Waals surface area contributed by atoms with Gasteiger partial charge in [0.25, 0.3) is 0 Å². The summed E-state index contributed by atoms with van der Waals surface area (Å²) in [5, 5.41) is 2.01. The van der Waals surface area contributed by atoms with Crippen LogP contribution in [0.25, 0.3) is 10.4 Å². The van der Waals surface area contributed by atoms with E-state index >= 15 is 0 Å². The van der Waals surface area contributed by atoms with Crippen LogP contribution in [0.3, 0.4) is 0 Å². The van der Waals surface area contributed by atoms with Gasteiger partial charge < -0.3 is 0 Å². The van der Waals surface area contributed by atoms with Crippen LogP contribution in [-0.4, -0.2) is 0 Å². The van der Waals surface area contributed by atoms with Crippen LogP contribution in [0, 0.1) is 11.6 Å². The molecule has 3 heteroatoms. The summed E-state index contributed by atoms with van der Waals surface area (Å²) >= 11 is 1.60. The number of hydrogen-bond acceptors (Lipinski definition) is 1. The molecule has 3 rings (SSSR count). The monoisotopic (exact) mass is 236 g/mol. The molecular weight excluding hydrogens is 226 g/mol. The van der Waals surface area contributed by atoms with Crippen LogP contribution >= 0.6 is 11.3 Å². The number of hydrogen-bond donors (Lipinski definition) is 0. The molecule has 0 N–H and O–H groups in total. The molecule has 1 aliphatic carbocycles. The van der Waals surface area contributed by atoms with Crippen LogP contribution in [0.2, 0.25) is 0 Å². The molecule has 1 aromatic carbocycles. The van der Waals surface area contributed by atoms with Gasteiger partial charge in [-0.05, 0) is 52.6 Å². The van der Waals surface area contributed by atoms with Crippen molar-refractivity contribution in [2.75, 3.05) is 0 Å². The number of halogens is 2. The molecule has 0 spiro atoms. The second kappa shape index (κ2) is 3.39. The molecule has 0 fully saturated rings. The number of rotatable bonds is 0. The van der Waals surface area contributed by atoms with Crippen molar-refractivity contribution in [1.29, 1.82) is 0 Å². The summed E-state index contributed by atoms with van der Waals surface area (Å²) in [7, 11) is 0. The molecule has 1 unspecified atom stereocenters. The summed E-state index contributed by atoms with van der Waals surface area (Å²) in [5.74, 6) is -1.25. The zero-order valence-corrected chi connectivity index (χ0v) is 9.57. The maximum absolute atomic E-state index is 13.3. The average Bonchev–Trinajstić information content (AvgIpc) is 2.69. The Labute approximate surface area is 96.5 Å². The minimum absolute atomic E-state index is 0.257. The second-order valence-electron chi connectivity index (χ2n) is 4.23. The van der Waals surface area contributed by atoms with Gasteiger partial charge in [-0.1, -0.05) is 6.92 Å². The molecule has 0 bridgehead atoms. The topological polar surface area (TPSA) is 0 Å². The van der Waals surface area contributed by atoms with Crippen LogP contribution in [0.1, 0.15) is 24.0 Å². The van der Waals surface area contributed by atoms with E-state index < -0.39 is 11.6 Å². The van der Waals surface area contributed by atoms with Gasteiger partial charge in [0.05, 0.1) is 0 Å². The molecule has 0 saturated carbocycles. The smallest absolute Gasteiger partial charge is 0.159 e. The molecule has 0 saturated heterocycles. The molecule has 1 heterocycles. The van der Waals surface area contributed by atoms with E-state index in [-0.39, 0.29) is 5.92 Å². The average molecular weight is 236 g/mol. The van der Waals surface area contributed by atoms with Crippen molar-refractivity contribution in [1.82, 2.24) is 0 Å². The molecule has 16 heavy (non-hydrogen) atoms. The van der Waals surface area contributed by atoms with Gasteiger partial charge >= 0.3 is 0 Å². The van der Waals surface area contributed by atoms with E-state index in [0.29, 0.717) is 0 Å². The van der Waals surface area contributed by atoms with E-state index in [9.17, 15) is 8.78 Å². The molecule has 1 aromatic heterocycles. The number of thiophene rings is 1. The normalized spacial score (nSPS) is 18.1. The van der Waals surface area contributed by atoms with Crippen molar-refractivity contribution in [2.24, 2.45) is 0 Å². The summed E-state index contributed by atoms with van der Waals surface area (Å²) in [5.41, 5.74) is 3.03. The maximum atomic E-state index is 13.3. The Kier molecular flexibility index (Phi) is 2.11. The van der Waals surface area contributed by atoms with Crippen LogP contribution in [0.5, 0.6) is 0 Å². The quantitative estimate of drug-likeness (QED) is 0.637. The van der Waals surface area contributed by atoms with Gasteiger partial charge in [0.15, 0.2) is 11.6 Å². The minimum Gasteiger partial charge on any atom is -0.204 e. The lowest BCUT2D eigenvalue weighted by atomic mass is 9.84. The summed E-state index contributed by atoms with van der Waals surface area (Å²) in [6, 6.07) is 4.74. The zero-order valence-electron chi connectivity index (χ0n) is 8.76. The van der Waals surface area contributed by atoms with E-state index in [0.717, 1.165) is 22.4 Å². The summed E-state index contributed by atoms with van der Waals surface area (Å²) in [4.78, 5) is 1.09. The Morgan fingerprint density at radius 2 is 2.00 bits per heavy atom. The Morgan fingerprint density at radius 3 is 2.81 bits per heavy atom. The van der Waals surface area contributed by atoms with Crippen LogP contribution < -0.4 is 0 Å². The number of benzene rings is 1. The SMILES string of the molecule is CC1Cc2ccsc2-c2cc(F)c(F)cc21. The van der Waals surface area contributed by atoms with Crippen molar-refractivity contribution in [3.8, 4) is 10.4 Å². The molecule has 82 valence electrons. The van der Waals surface area contributed by atoms with Gasteiger partial charge in [-0.25, -0.2) is 8.78 Å². The highest BCUT2D eigenvalue weighted by Gasteiger charge is 2.24. The highest BCUT2D eigenvalue weighted by atomic mass is 32.1. The first-order valence-electron chi connectivity index (χ1n) is 5.22. The van der Waals surface area contributed by atoms with E-state index in [1.54, 1.807) is 11.3 Å². The first-order valence-corrected chi connectivity index (χ1v) is 6.10. The Hall–Kier alpha value is -1.22. The van der Waals surface area contributed by atoms with Gasteiger partial charge in [0.1, 0.15) is 0 Å². The lowest BCUT2D eigenvalue weighted by molar-refractivity contribution is 0.505. The predicted molar refractivity (Wildman–Crippen MR) is 61.8 cm³/mol. The van der Waals surface area contributed by atoms with Crippen LogP contribution in [0.15, 0.2) is 23.6 Å². The van der Waals surface area contributed by atoms with Crippen molar-refractivity contribution in [2.45, 2.75) is 19.3 Å². The van der Waals surface area contributed by atoms with E-state index in [2.05, 4.69) is 13.0 Å². The lowest BCUT2D eigenvalue weighted by Gasteiger charge is -2.22. The zero-order chi connectivity index (χ0) is 11.3. The van der Waals surface area contributed by atoms with Crippen molar-refractivity contribution in [3.63, 3.8) is 0 Å².